The van der Waals surface area contributed by atoms with Crippen LogP contribution in [0, 0.1) is 5.92 Å². The van der Waals surface area contributed by atoms with Crippen LogP contribution in [0.3, 0.4) is 0 Å². The zero-order valence-corrected chi connectivity index (χ0v) is 11.2. The van der Waals surface area contributed by atoms with Crippen molar-refractivity contribution in [3.63, 3.8) is 0 Å². The van der Waals surface area contributed by atoms with E-state index in [2.05, 4.69) is 39.9 Å². The van der Waals surface area contributed by atoms with E-state index in [1.165, 1.54) is 25.7 Å². The van der Waals surface area contributed by atoms with Gasteiger partial charge in [-0.3, -0.25) is 0 Å². The highest BCUT2D eigenvalue weighted by atomic mass is 15.5. The third-order valence-corrected chi connectivity index (χ3v) is 3.77. The average molecular weight is 257 g/mol. The lowest BCUT2D eigenvalue weighted by Gasteiger charge is -2.28. The highest BCUT2D eigenvalue weighted by Crippen LogP contribution is 2.26. The molecule has 2 atom stereocenters. The van der Waals surface area contributed by atoms with Crippen LogP contribution in [0.1, 0.15) is 32.6 Å². The molecule has 0 amide bonds. The fourth-order valence-electron chi connectivity index (χ4n) is 2.82. The molecule has 1 aliphatic rings. The Hall–Kier alpha value is -1.91. The van der Waals surface area contributed by atoms with Crippen LogP contribution < -0.4 is 5.32 Å². The second-order valence-electron chi connectivity index (χ2n) is 5.42. The maximum absolute atomic E-state index is 3.91. The molecular weight excluding hydrogens is 238 g/mol. The number of anilines is 1. The normalized spacial score (nSPS) is 23.2. The first-order valence-corrected chi connectivity index (χ1v) is 6.91. The minimum atomic E-state index is 0.591. The predicted molar refractivity (Wildman–Crippen MR) is 74.2 cm³/mol. The number of hydrogen-bond acceptors (Lipinski definition) is 4. The van der Waals surface area contributed by atoms with E-state index in [0.717, 1.165) is 17.3 Å². The second-order valence-corrected chi connectivity index (χ2v) is 5.42. The standard InChI is InChI=1S/C14H19N5/c1-11-4-2-5-12(8-11)16-13-6-3-7-14(9-13)19-10-15-17-18-19/h3,6-7,9-12,16H,2,4-5,8H2,1H3. The van der Waals surface area contributed by atoms with E-state index in [-0.39, 0.29) is 0 Å². The Kier molecular flexibility index (Phi) is 3.44. The van der Waals surface area contributed by atoms with E-state index in [9.17, 15) is 0 Å². The van der Waals surface area contributed by atoms with E-state index in [4.69, 9.17) is 0 Å². The third kappa shape index (κ3) is 2.92. The van der Waals surface area contributed by atoms with E-state index < -0.39 is 0 Å². The molecular formula is C14H19N5. The van der Waals surface area contributed by atoms with E-state index >= 15 is 0 Å². The van der Waals surface area contributed by atoms with Crippen molar-refractivity contribution in [3.05, 3.63) is 30.6 Å². The number of rotatable bonds is 3. The van der Waals surface area contributed by atoms with Gasteiger partial charge < -0.3 is 5.32 Å². The summed E-state index contributed by atoms with van der Waals surface area (Å²) in [4.78, 5) is 0. The lowest BCUT2D eigenvalue weighted by atomic mass is 9.87. The summed E-state index contributed by atoms with van der Waals surface area (Å²) < 4.78 is 1.68. The molecule has 2 aromatic rings. The van der Waals surface area contributed by atoms with Crippen molar-refractivity contribution in [3.8, 4) is 5.69 Å². The number of nitrogens with zero attached hydrogens (tertiary/aromatic N) is 4. The third-order valence-electron chi connectivity index (χ3n) is 3.77. The number of benzene rings is 1. The molecule has 0 saturated heterocycles. The van der Waals surface area contributed by atoms with E-state index in [1.807, 2.05) is 12.1 Å². The fourth-order valence-corrected chi connectivity index (χ4v) is 2.82. The topological polar surface area (TPSA) is 55.6 Å². The first-order chi connectivity index (χ1) is 9.31. The Morgan fingerprint density at radius 3 is 3.05 bits per heavy atom. The monoisotopic (exact) mass is 257 g/mol. The molecule has 1 saturated carbocycles. The molecule has 5 heteroatoms. The number of tetrazole rings is 1. The Labute approximate surface area is 113 Å². The van der Waals surface area contributed by atoms with Crippen LogP contribution in [0.15, 0.2) is 30.6 Å². The summed E-state index contributed by atoms with van der Waals surface area (Å²) in [6.07, 6.45) is 6.82. The van der Waals surface area contributed by atoms with Crippen molar-refractivity contribution in [2.24, 2.45) is 5.92 Å². The van der Waals surface area contributed by atoms with Crippen LogP contribution in [-0.2, 0) is 0 Å². The predicted octanol–water partition coefficient (Wildman–Crippen LogP) is 2.65. The van der Waals surface area contributed by atoms with E-state index in [1.54, 1.807) is 11.0 Å². The zero-order chi connectivity index (χ0) is 13.1. The molecule has 19 heavy (non-hydrogen) atoms. The van der Waals surface area contributed by atoms with Crippen molar-refractivity contribution < 1.29 is 0 Å². The minimum Gasteiger partial charge on any atom is -0.382 e. The highest BCUT2D eigenvalue weighted by Gasteiger charge is 2.18. The van der Waals surface area contributed by atoms with Crippen molar-refractivity contribution >= 4 is 5.69 Å². The van der Waals surface area contributed by atoms with Gasteiger partial charge in [0.1, 0.15) is 6.33 Å². The van der Waals surface area contributed by atoms with Gasteiger partial charge in [0, 0.05) is 11.7 Å². The molecule has 0 aliphatic heterocycles. The molecule has 5 nitrogen and oxygen atoms in total. The summed E-state index contributed by atoms with van der Waals surface area (Å²) in [5.41, 5.74) is 2.13. The smallest absolute Gasteiger partial charge is 0.143 e. The molecule has 1 N–H and O–H groups in total. The van der Waals surface area contributed by atoms with Gasteiger partial charge in [-0.05, 0) is 47.4 Å². The van der Waals surface area contributed by atoms with Gasteiger partial charge in [0.15, 0.2) is 0 Å². The molecule has 1 aromatic carbocycles. The largest absolute Gasteiger partial charge is 0.382 e. The van der Waals surface area contributed by atoms with Gasteiger partial charge in [-0.25, -0.2) is 4.68 Å². The molecule has 1 aliphatic carbocycles. The summed E-state index contributed by atoms with van der Waals surface area (Å²) in [6, 6.07) is 8.83. The molecule has 1 heterocycles. The molecule has 2 unspecified atom stereocenters. The second kappa shape index (κ2) is 5.38. The summed E-state index contributed by atoms with van der Waals surface area (Å²) in [6.45, 7) is 2.34. The first-order valence-electron chi connectivity index (χ1n) is 6.91. The quantitative estimate of drug-likeness (QED) is 0.918. The Morgan fingerprint density at radius 1 is 1.32 bits per heavy atom. The van der Waals surface area contributed by atoms with Crippen LogP contribution >= 0.6 is 0 Å². The van der Waals surface area contributed by atoms with Crippen molar-refractivity contribution in [1.82, 2.24) is 20.2 Å². The van der Waals surface area contributed by atoms with Crippen molar-refractivity contribution in [1.29, 1.82) is 0 Å². The van der Waals surface area contributed by atoms with Crippen LogP contribution in [-0.4, -0.2) is 26.2 Å². The molecule has 0 bridgehead atoms. The summed E-state index contributed by atoms with van der Waals surface area (Å²) in [5, 5.41) is 14.9. The average Bonchev–Trinajstić information content (AvgIpc) is 2.93. The maximum Gasteiger partial charge on any atom is 0.143 e. The highest BCUT2D eigenvalue weighted by molar-refractivity contribution is 5.51. The van der Waals surface area contributed by atoms with Crippen molar-refractivity contribution in [2.45, 2.75) is 38.6 Å². The summed E-state index contributed by atoms with van der Waals surface area (Å²) in [5.74, 6) is 0.828. The van der Waals surface area contributed by atoms with Gasteiger partial charge in [0.2, 0.25) is 0 Å². The van der Waals surface area contributed by atoms with Crippen LogP contribution in [0.25, 0.3) is 5.69 Å². The van der Waals surface area contributed by atoms with Gasteiger partial charge >= 0.3 is 0 Å². The van der Waals surface area contributed by atoms with Crippen LogP contribution in [0.5, 0.6) is 0 Å². The summed E-state index contributed by atoms with van der Waals surface area (Å²) in [7, 11) is 0. The Bertz CT molecular complexity index is 522. The molecule has 0 radical (unpaired) electrons. The lowest BCUT2D eigenvalue weighted by molar-refractivity contribution is 0.358. The first kappa shape index (κ1) is 12.1. The van der Waals surface area contributed by atoms with Gasteiger partial charge in [-0.1, -0.05) is 25.8 Å². The Balaban J connectivity index is 1.73. The lowest BCUT2D eigenvalue weighted by Crippen LogP contribution is -2.26. The van der Waals surface area contributed by atoms with E-state index in [0.29, 0.717) is 6.04 Å². The maximum atomic E-state index is 3.91. The molecule has 3 rings (SSSR count). The van der Waals surface area contributed by atoms with Gasteiger partial charge in [-0.15, -0.1) is 5.10 Å². The Morgan fingerprint density at radius 2 is 2.26 bits per heavy atom. The number of aromatic nitrogens is 4. The zero-order valence-electron chi connectivity index (χ0n) is 11.2. The van der Waals surface area contributed by atoms with Crippen LogP contribution in [0.4, 0.5) is 5.69 Å². The van der Waals surface area contributed by atoms with Gasteiger partial charge in [0.25, 0.3) is 0 Å². The molecule has 1 aromatic heterocycles. The van der Waals surface area contributed by atoms with Gasteiger partial charge in [0.05, 0.1) is 5.69 Å². The number of hydrogen-bond donors (Lipinski definition) is 1. The minimum absolute atomic E-state index is 0.591. The van der Waals surface area contributed by atoms with Gasteiger partial charge in [-0.2, -0.15) is 0 Å². The molecule has 0 spiro atoms. The fraction of sp³-hybridized carbons (Fsp3) is 0.500. The van der Waals surface area contributed by atoms with Crippen LogP contribution in [0.2, 0.25) is 0 Å². The summed E-state index contributed by atoms with van der Waals surface area (Å²) >= 11 is 0. The number of nitrogens with one attached hydrogen (secondary N) is 1. The molecule has 1 fully saturated rings. The van der Waals surface area contributed by atoms with Crippen molar-refractivity contribution in [2.75, 3.05) is 5.32 Å². The molecule has 100 valence electrons. The SMILES string of the molecule is CC1CCCC(Nc2cccc(-n3cnnn3)c2)C1.